The smallest absolute Gasteiger partial charge is 0.319 e. The van der Waals surface area contributed by atoms with E-state index in [-0.39, 0.29) is 11.6 Å². The van der Waals surface area contributed by atoms with Crippen molar-refractivity contribution in [3.8, 4) is 0 Å². The normalized spacial score (nSPS) is 21.7. The Labute approximate surface area is 89.7 Å². The third-order valence-electron chi connectivity index (χ3n) is 1.83. The predicted octanol–water partition coefficient (Wildman–Crippen LogP) is 2.31. The molecule has 1 unspecified atom stereocenters. The maximum absolute atomic E-state index is 11.5. The standard InChI is InChI=1S/C10H18N2OS/c1-7-5-14-6-8(7)11-9(13)12-10(2,3)4/h6-7H,5H2,1-4H3,(H2,11,12,13). The summed E-state index contributed by atoms with van der Waals surface area (Å²) in [6.07, 6.45) is 0. The average molecular weight is 214 g/mol. The van der Waals surface area contributed by atoms with E-state index in [4.69, 9.17) is 0 Å². The van der Waals surface area contributed by atoms with Gasteiger partial charge in [-0.3, -0.25) is 0 Å². The van der Waals surface area contributed by atoms with E-state index in [1.807, 2.05) is 26.2 Å². The van der Waals surface area contributed by atoms with Crippen molar-refractivity contribution in [3.05, 3.63) is 11.1 Å². The highest BCUT2D eigenvalue weighted by molar-refractivity contribution is 8.02. The largest absolute Gasteiger partial charge is 0.333 e. The molecule has 0 aliphatic carbocycles. The number of hydrogen-bond acceptors (Lipinski definition) is 2. The van der Waals surface area contributed by atoms with E-state index in [1.165, 1.54) is 0 Å². The van der Waals surface area contributed by atoms with Crippen molar-refractivity contribution in [1.82, 2.24) is 10.6 Å². The second-order valence-electron chi connectivity index (χ2n) is 4.64. The molecule has 80 valence electrons. The number of hydrogen-bond donors (Lipinski definition) is 2. The summed E-state index contributed by atoms with van der Waals surface area (Å²) in [5, 5.41) is 7.76. The lowest BCUT2D eigenvalue weighted by Crippen LogP contribution is -2.46. The first-order valence-electron chi connectivity index (χ1n) is 4.79. The summed E-state index contributed by atoms with van der Waals surface area (Å²) >= 11 is 1.75. The minimum Gasteiger partial charge on any atom is -0.333 e. The molecule has 1 aliphatic heterocycles. The van der Waals surface area contributed by atoms with Crippen molar-refractivity contribution in [3.63, 3.8) is 0 Å². The number of carbonyl (C=O) groups is 1. The molecule has 0 aromatic rings. The molecular formula is C10H18N2OS. The Morgan fingerprint density at radius 2 is 2.21 bits per heavy atom. The Kier molecular flexibility index (Phi) is 3.48. The molecule has 1 heterocycles. The number of nitrogens with one attached hydrogen (secondary N) is 2. The van der Waals surface area contributed by atoms with E-state index in [2.05, 4.69) is 17.6 Å². The molecule has 4 heteroatoms. The summed E-state index contributed by atoms with van der Waals surface area (Å²) in [5.41, 5.74) is 0.844. The molecule has 1 atom stereocenters. The van der Waals surface area contributed by atoms with Crippen molar-refractivity contribution in [2.75, 3.05) is 5.75 Å². The van der Waals surface area contributed by atoms with Crippen LogP contribution in [-0.2, 0) is 0 Å². The highest BCUT2D eigenvalue weighted by Crippen LogP contribution is 2.25. The van der Waals surface area contributed by atoms with Crippen LogP contribution in [0.5, 0.6) is 0 Å². The Morgan fingerprint density at radius 1 is 1.57 bits per heavy atom. The molecule has 0 fully saturated rings. The molecule has 3 nitrogen and oxygen atoms in total. The summed E-state index contributed by atoms with van der Waals surface area (Å²) in [7, 11) is 0. The monoisotopic (exact) mass is 214 g/mol. The quantitative estimate of drug-likeness (QED) is 0.703. The molecule has 2 amide bonds. The summed E-state index contributed by atoms with van der Waals surface area (Å²) in [4.78, 5) is 11.5. The van der Waals surface area contributed by atoms with Gasteiger partial charge in [0.05, 0.1) is 0 Å². The Balaban J connectivity index is 2.41. The fraction of sp³-hybridized carbons (Fsp3) is 0.700. The summed E-state index contributed by atoms with van der Waals surface area (Å²) < 4.78 is 0. The van der Waals surface area contributed by atoms with E-state index in [1.54, 1.807) is 11.8 Å². The lowest BCUT2D eigenvalue weighted by atomic mass is 10.1. The third kappa shape index (κ3) is 3.62. The van der Waals surface area contributed by atoms with Crippen LogP contribution in [0.3, 0.4) is 0 Å². The molecule has 0 aromatic heterocycles. The molecule has 1 rings (SSSR count). The third-order valence-corrected chi connectivity index (χ3v) is 2.95. The highest BCUT2D eigenvalue weighted by Gasteiger charge is 2.19. The zero-order valence-corrected chi connectivity index (χ0v) is 9.99. The Morgan fingerprint density at radius 3 is 2.64 bits per heavy atom. The molecule has 0 spiro atoms. The first kappa shape index (κ1) is 11.4. The molecular weight excluding hydrogens is 196 g/mol. The summed E-state index contributed by atoms with van der Waals surface area (Å²) in [6.45, 7) is 8.01. The number of thioether (sulfide) groups is 1. The van der Waals surface area contributed by atoms with Gasteiger partial charge in [-0.15, -0.1) is 11.8 Å². The molecule has 0 saturated carbocycles. The van der Waals surface area contributed by atoms with Gasteiger partial charge in [0.2, 0.25) is 0 Å². The summed E-state index contributed by atoms with van der Waals surface area (Å²) in [5.74, 6) is 1.51. The van der Waals surface area contributed by atoms with Crippen molar-refractivity contribution in [2.45, 2.75) is 33.2 Å². The predicted molar refractivity (Wildman–Crippen MR) is 61.1 cm³/mol. The fourth-order valence-corrected chi connectivity index (χ4v) is 2.18. The number of allylic oxidation sites excluding steroid dienone is 1. The highest BCUT2D eigenvalue weighted by atomic mass is 32.2. The second-order valence-corrected chi connectivity index (χ2v) is 5.54. The van der Waals surface area contributed by atoms with Crippen molar-refractivity contribution in [2.24, 2.45) is 5.92 Å². The number of rotatable bonds is 1. The van der Waals surface area contributed by atoms with E-state index >= 15 is 0 Å². The van der Waals surface area contributed by atoms with Crippen LogP contribution in [0, 0.1) is 5.92 Å². The maximum atomic E-state index is 11.5. The van der Waals surface area contributed by atoms with E-state index < -0.39 is 0 Å². The minimum absolute atomic E-state index is 0.113. The van der Waals surface area contributed by atoms with Gasteiger partial charge in [-0.05, 0) is 26.2 Å². The van der Waals surface area contributed by atoms with Crippen LogP contribution in [0.2, 0.25) is 0 Å². The van der Waals surface area contributed by atoms with Gasteiger partial charge in [-0.2, -0.15) is 0 Å². The molecule has 0 bridgehead atoms. The van der Waals surface area contributed by atoms with Gasteiger partial charge in [0.15, 0.2) is 0 Å². The second kappa shape index (κ2) is 4.26. The number of urea groups is 1. The zero-order valence-electron chi connectivity index (χ0n) is 9.18. The van der Waals surface area contributed by atoms with Gasteiger partial charge in [-0.25, -0.2) is 4.79 Å². The average Bonchev–Trinajstić information content (AvgIpc) is 2.32. The minimum atomic E-state index is -0.181. The van der Waals surface area contributed by atoms with E-state index in [9.17, 15) is 4.79 Å². The van der Waals surface area contributed by atoms with Gasteiger partial charge in [0.25, 0.3) is 0 Å². The van der Waals surface area contributed by atoms with E-state index in [0.717, 1.165) is 11.4 Å². The molecule has 1 aliphatic rings. The zero-order chi connectivity index (χ0) is 10.8. The van der Waals surface area contributed by atoms with Gasteiger partial charge in [-0.1, -0.05) is 6.92 Å². The van der Waals surface area contributed by atoms with Gasteiger partial charge in [0, 0.05) is 22.9 Å². The van der Waals surface area contributed by atoms with Gasteiger partial charge < -0.3 is 10.6 Å². The van der Waals surface area contributed by atoms with Crippen molar-refractivity contribution in [1.29, 1.82) is 0 Å². The fourth-order valence-electron chi connectivity index (χ4n) is 1.14. The summed E-state index contributed by atoms with van der Waals surface area (Å²) in [6, 6.07) is -0.113. The first-order chi connectivity index (χ1) is 6.38. The molecule has 0 radical (unpaired) electrons. The topological polar surface area (TPSA) is 41.1 Å². The Bertz CT molecular complexity index is 255. The molecule has 0 saturated heterocycles. The van der Waals surface area contributed by atoms with Crippen molar-refractivity contribution >= 4 is 17.8 Å². The Hall–Kier alpha value is -0.640. The number of amides is 2. The lowest BCUT2D eigenvalue weighted by Gasteiger charge is -2.21. The van der Waals surface area contributed by atoms with Crippen LogP contribution in [0.25, 0.3) is 0 Å². The van der Waals surface area contributed by atoms with Crippen LogP contribution in [0.1, 0.15) is 27.7 Å². The van der Waals surface area contributed by atoms with E-state index in [0.29, 0.717) is 5.92 Å². The van der Waals surface area contributed by atoms with Crippen LogP contribution in [0.15, 0.2) is 11.1 Å². The van der Waals surface area contributed by atoms with Crippen LogP contribution in [-0.4, -0.2) is 17.3 Å². The number of carbonyl (C=O) groups excluding carboxylic acids is 1. The van der Waals surface area contributed by atoms with Gasteiger partial charge >= 0.3 is 6.03 Å². The first-order valence-corrected chi connectivity index (χ1v) is 5.84. The van der Waals surface area contributed by atoms with Crippen LogP contribution in [0.4, 0.5) is 4.79 Å². The molecule has 0 aromatic carbocycles. The molecule has 2 N–H and O–H groups in total. The van der Waals surface area contributed by atoms with Crippen LogP contribution < -0.4 is 10.6 Å². The molecule has 14 heavy (non-hydrogen) atoms. The van der Waals surface area contributed by atoms with Crippen molar-refractivity contribution < 1.29 is 4.79 Å². The van der Waals surface area contributed by atoms with Crippen LogP contribution >= 0.6 is 11.8 Å². The SMILES string of the molecule is CC1CSC=C1NC(=O)NC(C)(C)C. The maximum Gasteiger partial charge on any atom is 0.319 e. The van der Waals surface area contributed by atoms with Gasteiger partial charge in [0.1, 0.15) is 0 Å². The lowest BCUT2D eigenvalue weighted by molar-refractivity contribution is 0.234.